The van der Waals surface area contributed by atoms with Gasteiger partial charge in [0.2, 0.25) is 11.8 Å². The summed E-state index contributed by atoms with van der Waals surface area (Å²) in [5, 5.41) is 5.60. The molecule has 3 heterocycles. The van der Waals surface area contributed by atoms with E-state index in [1.54, 1.807) is 17.2 Å². The van der Waals surface area contributed by atoms with Crippen LogP contribution in [0.4, 0.5) is 16.3 Å². The quantitative estimate of drug-likeness (QED) is 0.661. The van der Waals surface area contributed by atoms with Crippen molar-refractivity contribution < 1.29 is 14.4 Å². The van der Waals surface area contributed by atoms with Gasteiger partial charge in [-0.2, -0.15) is 0 Å². The first kappa shape index (κ1) is 17.0. The number of urea groups is 1. The molecule has 4 amide bonds. The maximum Gasteiger partial charge on any atom is 0.325 e. The number of carbonyl (C=O) groups is 3. The van der Waals surface area contributed by atoms with Crippen molar-refractivity contribution in [1.82, 2.24) is 20.1 Å². The van der Waals surface area contributed by atoms with Gasteiger partial charge in [0, 0.05) is 19.1 Å². The Morgan fingerprint density at radius 2 is 2.16 bits per heavy atom. The molecule has 0 aliphatic carbocycles. The van der Waals surface area contributed by atoms with Crippen LogP contribution in [0.1, 0.15) is 19.3 Å². The van der Waals surface area contributed by atoms with Crippen molar-refractivity contribution in [3.8, 4) is 0 Å². The number of aromatic nitrogens is 1. The van der Waals surface area contributed by atoms with Gasteiger partial charge in [-0.15, -0.1) is 0 Å². The lowest BCUT2D eigenvalue weighted by molar-refractivity contribution is -0.131. The molecule has 4 N–H and O–H groups in total. The summed E-state index contributed by atoms with van der Waals surface area (Å²) in [7, 11) is 0. The minimum atomic E-state index is -0.497. The molecule has 0 spiro atoms. The van der Waals surface area contributed by atoms with E-state index in [2.05, 4.69) is 15.6 Å². The standard InChI is InChI=1S/C16H22N6O3/c17-13-4-3-12(8-18-13)19-11-2-1-6-21(7-5-11)15(24)10-22-9-14(23)20-16(22)25/h3-4,8,11,19H,1-2,5-7,9-10H2,(H2,17,18)(H,20,23,25). The zero-order valence-electron chi connectivity index (χ0n) is 13.9. The van der Waals surface area contributed by atoms with Crippen molar-refractivity contribution in [1.29, 1.82) is 0 Å². The Morgan fingerprint density at radius 3 is 2.84 bits per heavy atom. The van der Waals surface area contributed by atoms with Gasteiger partial charge in [0.05, 0.1) is 11.9 Å². The monoisotopic (exact) mass is 346 g/mol. The number of nitrogens with one attached hydrogen (secondary N) is 2. The van der Waals surface area contributed by atoms with Crippen LogP contribution in [0, 0.1) is 0 Å². The number of nitrogens with two attached hydrogens (primary N) is 1. The van der Waals surface area contributed by atoms with Crippen LogP contribution in [-0.2, 0) is 9.59 Å². The van der Waals surface area contributed by atoms with Crippen LogP contribution in [0.5, 0.6) is 0 Å². The summed E-state index contributed by atoms with van der Waals surface area (Å²) in [6.07, 6.45) is 4.32. The van der Waals surface area contributed by atoms with E-state index >= 15 is 0 Å². The van der Waals surface area contributed by atoms with E-state index in [-0.39, 0.29) is 30.9 Å². The highest BCUT2D eigenvalue weighted by atomic mass is 16.2. The summed E-state index contributed by atoms with van der Waals surface area (Å²) in [6.45, 7) is 1.16. The van der Waals surface area contributed by atoms with Crippen molar-refractivity contribution in [2.24, 2.45) is 0 Å². The molecule has 1 aromatic rings. The van der Waals surface area contributed by atoms with Gasteiger partial charge in [-0.3, -0.25) is 14.9 Å². The number of hydrogen-bond acceptors (Lipinski definition) is 6. The van der Waals surface area contributed by atoms with Gasteiger partial charge >= 0.3 is 6.03 Å². The van der Waals surface area contributed by atoms with Crippen LogP contribution in [0.2, 0.25) is 0 Å². The Bertz CT molecular complexity index is 662. The van der Waals surface area contributed by atoms with Gasteiger partial charge in [0.25, 0.3) is 0 Å². The first-order valence-electron chi connectivity index (χ1n) is 8.36. The molecule has 0 bridgehead atoms. The number of likely N-dealkylation sites (tertiary alicyclic amines) is 1. The van der Waals surface area contributed by atoms with Gasteiger partial charge in [-0.25, -0.2) is 9.78 Å². The highest BCUT2D eigenvalue weighted by molar-refractivity contribution is 6.03. The second kappa shape index (κ2) is 7.37. The summed E-state index contributed by atoms with van der Waals surface area (Å²) in [6, 6.07) is 3.39. The molecule has 2 aliphatic rings. The molecule has 0 saturated carbocycles. The zero-order chi connectivity index (χ0) is 17.8. The maximum absolute atomic E-state index is 12.4. The summed E-state index contributed by atoms with van der Waals surface area (Å²) < 4.78 is 0. The van der Waals surface area contributed by atoms with E-state index < -0.39 is 6.03 Å². The molecule has 25 heavy (non-hydrogen) atoms. The van der Waals surface area contributed by atoms with Crippen LogP contribution in [0.25, 0.3) is 0 Å². The molecule has 3 rings (SSSR count). The van der Waals surface area contributed by atoms with E-state index in [1.165, 1.54) is 4.90 Å². The number of hydrogen-bond donors (Lipinski definition) is 3. The number of pyridine rings is 1. The van der Waals surface area contributed by atoms with Gasteiger partial charge in [-0.05, 0) is 31.4 Å². The lowest BCUT2D eigenvalue weighted by Crippen LogP contribution is -2.42. The second-order valence-corrected chi connectivity index (χ2v) is 6.33. The van der Waals surface area contributed by atoms with Crippen molar-refractivity contribution in [3.63, 3.8) is 0 Å². The summed E-state index contributed by atoms with van der Waals surface area (Å²) in [5.74, 6) is -0.0118. The molecule has 0 radical (unpaired) electrons. The highest BCUT2D eigenvalue weighted by Crippen LogP contribution is 2.17. The molecular formula is C16H22N6O3. The van der Waals surface area contributed by atoms with Gasteiger partial charge in [-0.1, -0.05) is 0 Å². The fourth-order valence-corrected chi connectivity index (χ4v) is 3.09. The number of nitrogen functional groups attached to an aromatic ring is 1. The Balaban J connectivity index is 1.50. The van der Waals surface area contributed by atoms with Crippen molar-refractivity contribution in [2.75, 3.05) is 37.2 Å². The molecule has 1 atom stereocenters. The van der Waals surface area contributed by atoms with E-state index in [1.807, 2.05) is 6.07 Å². The maximum atomic E-state index is 12.4. The van der Waals surface area contributed by atoms with Crippen LogP contribution >= 0.6 is 0 Å². The van der Waals surface area contributed by atoms with Crippen LogP contribution in [0.15, 0.2) is 18.3 Å². The average molecular weight is 346 g/mol. The largest absolute Gasteiger partial charge is 0.384 e. The number of carbonyl (C=O) groups excluding carboxylic acids is 3. The zero-order valence-corrected chi connectivity index (χ0v) is 13.9. The first-order chi connectivity index (χ1) is 12.0. The smallest absolute Gasteiger partial charge is 0.325 e. The summed E-state index contributed by atoms with van der Waals surface area (Å²) in [4.78, 5) is 42.2. The molecule has 9 heteroatoms. The molecule has 0 aromatic carbocycles. The number of nitrogens with zero attached hydrogens (tertiary/aromatic N) is 3. The minimum absolute atomic E-state index is 0.0489. The lowest BCUT2D eigenvalue weighted by Gasteiger charge is -2.23. The number of anilines is 2. The Hall–Kier alpha value is -2.84. The lowest BCUT2D eigenvalue weighted by atomic mass is 10.1. The number of amides is 4. The third-order valence-corrected chi connectivity index (χ3v) is 4.43. The van der Waals surface area contributed by atoms with Crippen molar-refractivity contribution in [2.45, 2.75) is 25.3 Å². The average Bonchev–Trinajstić information content (AvgIpc) is 2.76. The molecule has 134 valence electrons. The van der Waals surface area contributed by atoms with Crippen LogP contribution < -0.4 is 16.4 Å². The number of rotatable bonds is 4. The second-order valence-electron chi connectivity index (χ2n) is 6.33. The summed E-state index contributed by atoms with van der Waals surface area (Å²) in [5.41, 5.74) is 6.49. The topological polar surface area (TPSA) is 121 Å². The van der Waals surface area contributed by atoms with E-state index in [9.17, 15) is 14.4 Å². The normalized spacial score (nSPS) is 21.0. The summed E-state index contributed by atoms with van der Waals surface area (Å²) >= 11 is 0. The third kappa shape index (κ3) is 4.37. The van der Waals surface area contributed by atoms with Crippen LogP contribution in [0.3, 0.4) is 0 Å². The molecular weight excluding hydrogens is 324 g/mol. The highest BCUT2D eigenvalue weighted by Gasteiger charge is 2.30. The Labute approximate surface area is 145 Å². The Morgan fingerprint density at radius 1 is 1.32 bits per heavy atom. The molecule has 2 fully saturated rings. The van der Waals surface area contributed by atoms with E-state index in [0.29, 0.717) is 18.9 Å². The molecule has 9 nitrogen and oxygen atoms in total. The molecule has 1 unspecified atom stereocenters. The molecule has 1 aromatic heterocycles. The van der Waals surface area contributed by atoms with E-state index in [4.69, 9.17) is 5.73 Å². The predicted octanol–water partition coefficient (Wildman–Crippen LogP) is 0.00860. The van der Waals surface area contributed by atoms with Crippen LogP contribution in [-0.4, -0.2) is 64.9 Å². The van der Waals surface area contributed by atoms with Gasteiger partial charge in [0.1, 0.15) is 18.9 Å². The van der Waals surface area contributed by atoms with Gasteiger partial charge in [0.15, 0.2) is 0 Å². The first-order valence-corrected chi connectivity index (χ1v) is 8.36. The SMILES string of the molecule is Nc1ccc(NC2CCCN(C(=O)CN3CC(=O)NC3=O)CC2)cn1. The molecule has 2 saturated heterocycles. The Kier molecular flexibility index (Phi) is 5.01. The fourth-order valence-electron chi connectivity index (χ4n) is 3.09. The minimum Gasteiger partial charge on any atom is -0.384 e. The van der Waals surface area contributed by atoms with E-state index in [0.717, 1.165) is 24.9 Å². The third-order valence-electron chi connectivity index (χ3n) is 4.43. The fraction of sp³-hybridized carbons (Fsp3) is 0.500. The van der Waals surface area contributed by atoms with Crippen molar-refractivity contribution in [3.05, 3.63) is 18.3 Å². The number of imide groups is 1. The van der Waals surface area contributed by atoms with Crippen molar-refractivity contribution >= 4 is 29.4 Å². The predicted molar refractivity (Wildman–Crippen MR) is 91.6 cm³/mol. The van der Waals surface area contributed by atoms with Gasteiger partial charge < -0.3 is 20.9 Å². The molecule has 2 aliphatic heterocycles.